The maximum atomic E-state index is 16.1. The molecule has 7 rings (SSSR count). The number of hydrogen-bond donors (Lipinski definition) is 3. The molecule has 2 aromatic carbocycles. The van der Waals surface area contributed by atoms with Gasteiger partial charge in [-0.25, -0.2) is 18.2 Å². The summed E-state index contributed by atoms with van der Waals surface area (Å²) in [6.45, 7) is -0.327. The van der Waals surface area contributed by atoms with E-state index in [4.69, 9.17) is 22.1 Å². The highest BCUT2D eigenvalue weighted by molar-refractivity contribution is 6.31. The predicted octanol–water partition coefficient (Wildman–Crippen LogP) is 5.06. The summed E-state index contributed by atoms with van der Waals surface area (Å²) in [4.78, 5) is 30.3. The van der Waals surface area contributed by atoms with Crippen LogP contribution < -0.4 is 15.8 Å². The third kappa shape index (κ3) is 4.91. The third-order valence-electron chi connectivity index (χ3n) is 9.19. The van der Waals surface area contributed by atoms with Crippen LogP contribution in [0.3, 0.4) is 0 Å². The van der Waals surface area contributed by atoms with Crippen molar-refractivity contribution in [1.82, 2.24) is 20.1 Å². The van der Waals surface area contributed by atoms with Gasteiger partial charge in [-0.1, -0.05) is 11.6 Å². The van der Waals surface area contributed by atoms with Gasteiger partial charge in [0.25, 0.3) is 5.91 Å². The Bertz CT molecular complexity index is 1900. The van der Waals surface area contributed by atoms with Gasteiger partial charge in [0, 0.05) is 28.3 Å². The molecule has 13 heteroatoms. The maximum absolute atomic E-state index is 16.1. The van der Waals surface area contributed by atoms with E-state index in [2.05, 4.69) is 15.4 Å². The van der Waals surface area contributed by atoms with E-state index in [1.54, 1.807) is 12.1 Å². The standard InChI is InChI=1S/C32H29ClF3N5O4/c1-45-22-11-15(10-16-13-41(18-4-5-18)40-27(16)22)29(42)38-14-32(44,17-2-3-17)23-12-20(31(8-9-31)30(37)43)26(36)28(39-23)19-6-7-21(34)24(33)25(19)35/h6-7,10-13,17-18,44H,2-5,8-9,14H2,1H3,(H2,37,43)(H,38,42)/t32-/m1/s1. The SMILES string of the molecule is COc1cc(C(=O)NC[C@](O)(c2cc(C3(C(N)=O)CC3)c(F)c(-c3ccc(F)c(Cl)c3F)n2)C2CC2)cc2cn(C3CC3)nc12. The Balaban J connectivity index is 1.27. The van der Waals surface area contributed by atoms with E-state index in [1.165, 1.54) is 13.2 Å². The maximum Gasteiger partial charge on any atom is 0.251 e. The van der Waals surface area contributed by atoms with Crippen molar-refractivity contribution in [3.63, 3.8) is 0 Å². The van der Waals surface area contributed by atoms with Gasteiger partial charge in [0.15, 0.2) is 11.6 Å². The number of pyridine rings is 1. The average Bonchev–Trinajstić information content (AvgIpc) is 3.89. The van der Waals surface area contributed by atoms with E-state index in [-0.39, 0.29) is 42.1 Å². The molecule has 2 heterocycles. The summed E-state index contributed by atoms with van der Waals surface area (Å²) in [7, 11) is 1.49. The molecule has 1 atom stereocenters. The number of fused-ring (bicyclic) bond motifs is 1. The summed E-state index contributed by atoms with van der Waals surface area (Å²) in [6.07, 6.45) is 5.58. The van der Waals surface area contributed by atoms with Crippen LogP contribution in [-0.2, 0) is 15.8 Å². The van der Waals surface area contributed by atoms with E-state index >= 15 is 8.78 Å². The molecule has 45 heavy (non-hydrogen) atoms. The van der Waals surface area contributed by atoms with Crippen LogP contribution in [0.15, 0.2) is 36.5 Å². The number of carbonyl (C=O) groups excluding carboxylic acids is 2. The zero-order valence-corrected chi connectivity index (χ0v) is 24.9. The van der Waals surface area contributed by atoms with E-state index < -0.39 is 56.6 Å². The van der Waals surface area contributed by atoms with Gasteiger partial charge >= 0.3 is 0 Å². The van der Waals surface area contributed by atoms with Crippen molar-refractivity contribution in [1.29, 1.82) is 0 Å². The molecule has 3 saturated carbocycles. The number of rotatable bonds is 10. The smallest absolute Gasteiger partial charge is 0.251 e. The van der Waals surface area contributed by atoms with Crippen molar-refractivity contribution in [2.75, 3.05) is 13.7 Å². The van der Waals surface area contributed by atoms with Gasteiger partial charge in [-0.05, 0) is 74.8 Å². The molecular formula is C32H29ClF3N5O4. The number of hydrogen-bond acceptors (Lipinski definition) is 6. The quantitative estimate of drug-likeness (QED) is 0.208. The molecular weight excluding hydrogens is 611 g/mol. The number of ether oxygens (including phenoxy) is 1. The molecule has 3 fully saturated rings. The molecule has 234 valence electrons. The number of benzene rings is 2. The molecule has 0 aliphatic heterocycles. The number of nitrogens with zero attached hydrogens (tertiary/aromatic N) is 3. The fraction of sp³-hybridized carbons (Fsp3) is 0.375. The van der Waals surface area contributed by atoms with E-state index in [0.29, 0.717) is 30.1 Å². The monoisotopic (exact) mass is 639 g/mol. The normalized spacial score (nSPS) is 18.4. The lowest BCUT2D eigenvalue weighted by Crippen LogP contribution is -2.43. The minimum absolute atomic E-state index is 0.0807. The Kier molecular flexibility index (Phi) is 6.86. The van der Waals surface area contributed by atoms with Gasteiger partial charge < -0.3 is 20.9 Å². The molecule has 3 aliphatic carbocycles. The number of amides is 2. The number of halogens is 4. The van der Waals surface area contributed by atoms with Crippen LogP contribution in [-0.4, -0.2) is 45.3 Å². The molecule has 2 amide bonds. The average molecular weight is 640 g/mol. The summed E-state index contributed by atoms with van der Waals surface area (Å²) >= 11 is 5.80. The first-order valence-electron chi connectivity index (χ1n) is 14.7. The van der Waals surface area contributed by atoms with Crippen molar-refractivity contribution in [2.24, 2.45) is 11.7 Å². The Morgan fingerprint density at radius 1 is 1.16 bits per heavy atom. The van der Waals surface area contributed by atoms with Crippen molar-refractivity contribution < 1.29 is 32.6 Å². The number of primary amides is 1. The Labute approximate surface area is 260 Å². The van der Waals surface area contributed by atoms with Crippen molar-refractivity contribution in [2.45, 2.75) is 55.6 Å². The van der Waals surface area contributed by atoms with Crippen molar-refractivity contribution in [3.05, 3.63) is 75.8 Å². The van der Waals surface area contributed by atoms with Gasteiger partial charge in [0.2, 0.25) is 5.91 Å². The second kappa shape index (κ2) is 10.4. The van der Waals surface area contributed by atoms with Gasteiger partial charge in [-0.3, -0.25) is 14.3 Å². The summed E-state index contributed by atoms with van der Waals surface area (Å²) in [5, 5.41) is 19.3. The van der Waals surface area contributed by atoms with Gasteiger partial charge in [0.05, 0.1) is 30.8 Å². The highest BCUT2D eigenvalue weighted by atomic mass is 35.5. The molecule has 0 saturated heterocycles. The van der Waals surface area contributed by atoms with Crippen molar-refractivity contribution in [3.8, 4) is 17.0 Å². The fourth-order valence-electron chi connectivity index (χ4n) is 6.02. The molecule has 4 N–H and O–H groups in total. The van der Waals surface area contributed by atoms with Gasteiger partial charge in [-0.15, -0.1) is 0 Å². The van der Waals surface area contributed by atoms with E-state index in [0.717, 1.165) is 30.4 Å². The number of aromatic nitrogens is 3. The fourth-order valence-corrected chi connectivity index (χ4v) is 6.18. The Hall–Kier alpha value is -4.16. The Morgan fingerprint density at radius 3 is 2.51 bits per heavy atom. The number of methoxy groups -OCH3 is 1. The van der Waals surface area contributed by atoms with Crippen LogP contribution in [0.4, 0.5) is 13.2 Å². The summed E-state index contributed by atoms with van der Waals surface area (Å²) in [6, 6.07) is 6.72. The van der Waals surface area contributed by atoms with Crippen LogP contribution in [0.2, 0.25) is 5.02 Å². The first-order valence-corrected chi connectivity index (χ1v) is 15.1. The van der Waals surface area contributed by atoms with Crippen LogP contribution in [0.25, 0.3) is 22.2 Å². The molecule has 0 radical (unpaired) electrons. The lowest BCUT2D eigenvalue weighted by atomic mass is 9.86. The van der Waals surface area contributed by atoms with Crippen LogP contribution in [0.5, 0.6) is 5.75 Å². The van der Waals surface area contributed by atoms with Gasteiger partial charge in [0.1, 0.15) is 33.4 Å². The number of carbonyl (C=O) groups is 2. The minimum Gasteiger partial charge on any atom is -0.494 e. The number of nitrogens with one attached hydrogen (secondary N) is 1. The lowest BCUT2D eigenvalue weighted by molar-refractivity contribution is -0.120. The zero-order chi connectivity index (χ0) is 31.8. The van der Waals surface area contributed by atoms with Crippen LogP contribution in [0, 0.1) is 23.4 Å². The first kappa shape index (κ1) is 29.5. The van der Waals surface area contributed by atoms with E-state index in [9.17, 15) is 19.1 Å². The molecule has 0 spiro atoms. The van der Waals surface area contributed by atoms with Crippen LogP contribution in [0.1, 0.15) is 66.2 Å². The Morgan fingerprint density at radius 2 is 1.89 bits per heavy atom. The zero-order valence-electron chi connectivity index (χ0n) is 24.2. The largest absolute Gasteiger partial charge is 0.494 e. The van der Waals surface area contributed by atoms with Crippen molar-refractivity contribution >= 4 is 34.3 Å². The molecule has 0 unspecified atom stereocenters. The second-order valence-corrected chi connectivity index (χ2v) is 12.6. The second-order valence-electron chi connectivity index (χ2n) is 12.2. The summed E-state index contributed by atoms with van der Waals surface area (Å²) < 4.78 is 52.6. The minimum atomic E-state index is -1.83. The molecule has 9 nitrogen and oxygen atoms in total. The highest BCUT2D eigenvalue weighted by Crippen LogP contribution is 2.52. The predicted molar refractivity (Wildman–Crippen MR) is 158 cm³/mol. The number of nitrogens with two attached hydrogens (primary N) is 1. The topological polar surface area (TPSA) is 132 Å². The molecule has 2 aromatic heterocycles. The molecule has 4 aromatic rings. The van der Waals surface area contributed by atoms with Gasteiger partial charge in [-0.2, -0.15) is 5.10 Å². The third-order valence-corrected chi connectivity index (χ3v) is 9.54. The number of aliphatic hydroxyl groups is 1. The summed E-state index contributed by atoms with van der Waals surface area (Å²) in [5.41, 5.74) is 2.14. The highest BCUT2D eigenvalue weighted by Gasteiger charge is 2.54. The van der Waals surface area contributed by atoms with E-state index in [1.807, 2.05) is 10.9 Å². The summed E-state index contributed by atoms with van der Waals surface area (Å²) in [5.74, 6) is -4.56. The first-order chi connectivity index (χ1) is 21.5. The van der Waals surface area contributed by atoms with Crippen LogP contribution >= 0.6 is 11.6 Å². The lowest BCUT2D eigenvalue weighted by Gasteiger charge is -2.30. The molecule has 3 aliphatic rings. The molecule has 0 bridgehead atoms.